The lowest BCUT2D eigenvalue weighted by atomic mass is 10.4. The first-order valence-electron chi connectivity index (χ1n) is 4.00. The summed E-state index contributed by atoms with van der Waals surface area (Å²) in [4.78, 5) is 11.9. The lowest BCUT2D eigenvalue weighted by Crippen LogP contribution is -2.32. The van der Waals surface area contributed by atoms with Gasteiger partial charge in [-0.25, -0.2) is 9.36 Å². The van der Waals surface area contributed by atoms with Crippen molar-refractivity contribution >= 4 is 22.4 Å². The number of nitrogens with two attached hydrogens (primary N) is 1. The smallest absolute Gasteiger partial charge is 0.352 e. The molecule has 1 rings (SSSR count). The summed E-state index contributed by atoms with van der Waals surface area (Å²) in [5.74, 6) is -0.294. The van der Waals surface area contributed by atoms with E-state index >= 15 is 0 Å². The van der Waals surface area contributed by atoms with Crippen molar-refractivity contribution in [3.05, 3.63) is 10.6 Å². The summed E-state index contributed by atoms with van der Waals surface area (Å²) in [7, 11) is 1.82. The van der Waals surface area contributed by atoms with Gasteiger partial charge in [0.2, 0.25) is 0 Å². The van der Waals surface area contributed by atoms with Crippen LogP contribution in [0.2, 0.25) is 0 Å². The standard InChI is InChI=1S/C8H12N2O2S/c1-4-12-7(11)6-5(2)10(3)8(9)13-6/h9H,4H2,1-3H3/p+1. The summed E-state index contributed by atoms with van der Waals surface area (Å²) in [5.41, 5.74) is 6.50. The summed E-state index contributed by atoms with van der Waals surface area (Å²) in [6.07, 6.45) is 0. The molecule has 5 heteroatoms. The second-order valence-electron chi connectivity index (χ2n) is 2.63. The van der Waals surface area contributed by atoms with Crippen molar-refractivity contribution in [2.75, 3.05) is 12.3 Å². The predicted octanol–water partition coefficient (Wildman–Crippen LogP) is 0.640. The number of nitrogens with zero attached hydrogens (tertiary/aromatic N) is 1. The van der Waals surface area contributed by atoms with E-state index in [1.807, 2.05) is 14.0 Å². The molecule has 0 aliphatic heterocycles. The number of carbonyl (C=O) groups is 1. The van der Waals surface area contributed by atoms with E-state index in [0.29, 0.717) is 16.6 Å². The van der Waals surface area contributed by atoms with Gasteiger partial charge >= 0.3 is 11.1 Å². The molecule has 0 aliphatic rings. The van der Waals surface area contributed by atoms with E-state index in [-0.39, 0.29) is 5.97 Å². The van der Waals surface area contributed by atoms with Gasteiger partial charge in [0.1, 0.15) is 5.69 Å². The number of nitrogen functional groups attached to an aromatic ring is 1. The van der Waals surface area contributed by atoms with Crippen molar-refractivity contribution in [1.82, 2.24) is 0 Å². The minimum absolute atomic E-state index is 0.294. The van der Waals surface area contributed by atoms with Crippen molar-refractivity contribution in [3.8, 4) is 0 Å². The Labute approximate surface area is 80.9 Å². The largest absolute Gasteiger partial charge is 0.462 e. The fourth-order valence-electron chi connectivity index (χ4n) is 0.951. The molecule has 0 aromatic carbocycles. The molecule has 0 bridgehead atoms. The Bertz CT molecular complexity index is 333. The van der Waals surface area contributed by atoms with Crippen LogP contribution in [0.25, 0.3) is 0 Å². The maximum atomic E-state index is 11.4. The van der Waals surface area contributed by atoms with Crippen molar-refractivity contribution < 1.29 is 14.1 Å². The molecule has 0 aliphatic carbocycles. The molecular weight excluding hydrogens is 188 g/mol. The Morgan fingerprint density at radius 2 is 2.31 bits per heavy atom. The van der Waals surface area contributed by atoms with Crippen LogP contribution in [0.15, 0.2) is 0 Å². The van der Waals surface area contributed by atoms with E-state index < -0.39 is 0 Å². The molecule has 0 saturated heterocycles. The molecule has 0 spiro atoms. The van der Waals surface area contributed by atoms with Gasteiger partial charge in [0.15, 0.2) is 4.88 Å². The van der Waals surface area contributed by atoms with Crippen molar-refractivity contribution in [2.24, 2.45) is 7.05 Å². The van der Waals surface area contributed by atoms with Crippen molar-refractivity contribution in [1.29, 1.82) is 0 Å². The van der Waals surface area contributed by atoms with Gasteiger partial charge in [0, 0.05) is 0 Å². The minimum Gasteiger partial charge on any atom is -0.462 e. The van der Waals surface area contributed by atoms with Crippen LogP contribution in [0.5, 0.6) is 0 Å². The van der Waals surface area contributed by atoms with Crippen LogP contribution in [0.4, 0.5) is 5.13 Å². The number of ether oxygens (including phenoxy) is 1. The third kappa shape index (κ3) is 1.80. The summed E-state index contributed by atoms with van der Waals surface area (Å²) < 4.78 is 6.65. The van der Waals surface area contributed by atoms with Gasteiger partial charge in [0.25, 0.3) is 0 Å². The highest BCUT2D eigenvalue weighted by Gasteiger charge is 2.21. The minimum atomic E-state index is -0.294. The quantitative estimate of drug-likeness (QED) is 0.564. The van der Waals surface area contributed by atoms with E-state index in [1.54, 1.807) is 11.5 Å². The second-order valence-corrected chi connectivity index (χ2v) is 3.66. The van der Waals surface area contributed by atoms with Crippen molar-refractivity contribution in [3.63, 3.8) is 0 Å². The summed E-state index contributed by atoms with van der Waals surface area (Å²) in [6.45, 7) is 4.02. The molecule has 72 valence electrons. The predicted molar refractivity (Wildman–Crippen MR) is 50.6 cm³/mol. The lowest BCUT2D eigenvalue weighted by Gasteiger charge is -1.97. The first kappa shape index (κ1) is 9.98. The number of carbonyl (C=O) groups excluding carboxylic acids is 1. The van der Waals surface area contributed by atoms with Crippen LogP contribution in [0, 0.1) is 6.92 Å². The molecule has 4 nitrogen and oxygen atoms in total. The van der Waals surface area contributed by atoms with E-state index in [2.05, 4.69) is 0 Å². The molecule has 2 N–H and O–H groups in total. The number of thiazole rings is 1. The first-order valence-corrected chi connectivity index (χ1v) is 4.81. The van der Waals surface area contributed by atoms with E-state index in [1.165, 1.54) is 11.3 Å². The van der Waals surface area contributed by atoms with Crippen LogP contribution in [-0.2, 0) is 11.8 Å². The third-order valence-corrected chi connectivity index (χ3v) is 2.98. The Kier molecular flexibility index (Phi) is 2.87. The molecule has 0 atom stereocenters. The van der Waals surface area contributed by atoms with Gasteiger partial charge in [-0.1, -0.05) is 0 Å². The summed E-state index contributed by atoms with van der Waals surface area (Å²) in [6, 6.07) is 0. The molecule has 13 heavy (non-hydrogen) atoms. The van der Waals surface area contributed by atoms with Crippen LogP contribution in [-0.4, -0.2) is 12.6 Å². The average molecular weight is 201 g/mol. The van der Waals surface area contributed by atoms with Gasteiger partial charge in [-0.3, -0.25) is 5.73 Å². The molecule has 0 unspecified atom stereocenters. The highest BCUT2D eigenvalue weighted by atomic mass is 32.1. The molecular formula is C8H13N2O2S+. The third-order valence-electron chi connectivity index (χ3n) is 1.83. The fourth-order valence-corrected chi connectivity index (χ4v) is 1.86. The number of esters is 1. The van der Waals surface area contributed by atoms with Crippen LogP contribution < -0.4 is 10.3 Å². The highest BCUT2D eigenvalue weighted by molar-refractivity contribution is 7.16. The Balaban J connectivity index is 3.01. The topological polar surface area (TPSA) is 56.2 Å². The molecule has 0 fully saturated rings. The average Bonchev–Trinajstić information content (AvgIpc) is 2.33. The maximum Gasteiger partial charge on any atom is 0.352 e. The molecule has 1 aromatic heterocycles. The van der Waals surface area contributed by atoms with E-state index in [0.717, 1.165) is 5.69 Å². The first-order chi connectivity index (χ1) is 6.07. The number of anilines is 1. The summed E-state index contributed by atoms with van der Waals surface area (Å²) in [5, 5.41) is 0.612. The monoisotopic (exact) mass is 201 g/mol. The van der Waals surface area contributed by atoms with E-state index in [9.17, 15) is 4.79 Å². The maximum absolute atomic E-state index is 11.4. The zero-order valence-corrected chi connectivity index (χ0v) is 8.77. The number of hydrogen-bond donors (Lipinski definition) is 1. The van der Waals surface area contributed by atoms with Crippen LogP contribution in [0.3, 0.4) is 0 Å². The van der Waals surface area contributed by atoms with Gasteiger partial charge in [0.05, 0.1) is 13.7 Å². The normalized spacial score (nSPS) is 10.1. The molecule has 0 radical (unpaired) electrons. The fraction of sp³-hybridized carbons (Fsp3) is 0.500. The Morgan fingerprint density at radius 1 is 1.69 bits per heavy atom. The molecule has 1 heterocycles. The van der Waals surface area contributed by atoms with Gasteiger partial charge in [-0.05, 0) is 25.2 Å². The van der Waals surface area contributed by atoms with Gasteiger partial charge < -0.3 is 4.74 Å². The van der Waals surface area contributed by atoms with Crippen molar-refractivity contribution in [2.45, 2.75) is 13.8 Å². The zero-order chi connectivity index (χ0) is 10.0. The van der Waals surface area contributed by atoms with Crippen LogP contribution in [0.1, 0.15) is 22.3 Å². The Hall–Kier alpha value is -1.10. The SMILES string of the molecule is CCOC(=O)c1sc(N)[n+](C)c1C. The number of rotatable bonds is 2. The van der Waals surface area contributed by atoms with Gasteiger partial charge in [-0.2, -0.15) is 0 Å². The molecule has 0 amide bonds. The lowest BCUT2D eigenvalue weighted by molar-refractivity contribution is -0.658. The van der Waals surface area contributed by atoms with E-state index in [4.69, 9.17) is 10.5 Å². The highest BCUT2D eigenvalue weighted by Crippen LogP contribution is 2.18. The van der Waals surface area contributed by atoms with Gasteiger partial charge in [-0.15, -0.1) is 0 Å². The van der Waals surface area contributed by atoms with Crippen LogP contribution >= 0.6 is 11.3 Å². The second kappa shape index (κ2) is 3.74. The number of aromatic nitrogens is 1. The zero-order valence-electron chi connectivity index (χ0n) is 7.96. The molecule has 1 aromatic rings. The Morgan fingerprint density at radius 3 is 2.69 bits per heavy atom. The molecule has 0 saturated carbocycles. The summed E-state index contributed by atoms with van der Waals surface area (Å²) >= 11 is 1.26. The number of hydrogen-bond acceptors (Lipinski definition) is 4.